The predicted molar refractivity (Wildman–Crippen MR) is 193 cm³/mol. The molecule has 8 aromatic carbocycles. The number of unbranched alkanes of at least 4 members (excludes halogenated alkanes) is 6. The zero-order valence-corrected chi connectivity index (χ0v) is 26.4. The van der Waals surface area contributed by atoms with Crippen LogP contribution in [-0.4, -0.2) is 25.2 Å². The van der Waals surface area contributed by atoms with Crippen LogP contribution >= 0.6 is 0 Å². The topological polar surface area (TPSA) is 52.6 Å². The summed E-state index contributed by atoms with van der Waals surface area (Å²) in [4.78, 5) is 26.1. The Bertz CT molecular complexity index is 2190. The lowest BCUT2D eigenvalue weighted by Crippen LogP contribution is -2.07. The van der Waals surface area contributed by atoms with E-state index in [0.717, 1.165) is 77.3 Å². The second-order valence-corrected chi connectivity index (χ2v) is 12.7. The van der Waals surface area contributed by atoms with Crippen molar-refractivity contribution in [2.24, 2.45) is 0 Å². The van der Waals surface area contributed by atoms with Crippen molar-refractivity contribution in [1.82, 2.24) is 0 Å². The van der Waals surface area contributed by atoms with E-state index in [0.29, 0.717) is 24.3 Å². The quantitative estimate of drug-likeness (QED) is 0.0778. The zero-order valence-electron chi connectivity index (χ0n) is 26.4. The van der Waals surface area contributed by atoms with Crippen molar-refractivity contribution in [3.05, 3.63) is 120 Å². The molecule has 0 atom stereocenters. The van der Waals surface area contributed by atoms with Crippen LogP contribution in [0.4, 0.5) is 0 Å². The Balaban J connectivity index is 0.765. The fraction of sp³-hybridized carbons (Fsp3) is 0.209. The van der Waals surface area contributed by atoms with Crippen molar-refractivity contribution in [1.29, 1.82) is 0 Å². The molecule has 0 aliphatic heterocycles. The zero-order chi connectivity index (χ0) is 31.7. The summed E-state index contributed by atoms with van der Waals surface area (Å²) in [5, 5.41) is 13.6. The van der Waals surface area contributed by atoms with E-state index in [1.54, 1.807) is 0 Å². The molecule has 4 heteroatoms. The van der Waals surface area contributed by atoms with Gasteiger partial charge in [0.2, 0.25) is 0 Å². The van der Waals surface area contributed by atoms with Crippen molar-refractivity contribution in [3.8, 4) is 0 Å². The Labute approximate surface area is 273 Å². The molecule has 0 bridgehead atoms. The first-order valence-electron chi connectivity index (χ1n) is 16.8. The summed E-state index contributed by atoms with van der Waals surface area (Å²) in [7, 11) is 0. The Hall–Kier alpha value is -5.22. The highest BCUT2D eigenvalue weighted by Crippen LogP contribution is 2.37. The minimum Gasteiger partial charge on any atom is -0.462 e. The molecule has 0 unspecified atom stereocenters. The van der Waals surface area contributed by atoms with Crippen LogP contribution in [0.3, 0.4) is 0 Å². The number of benzene rings is 8. The van der Waals surface area contributed by atoms with Crippen LogP contribution in [0.2, 0.25) is 0 Å². The maximum Gasteiger partial charge on any atom is 0.338 e. The Morgan fingerprint density at radius 3 is 1.09 bits per heavy atom. The van der Waals surface area contributed by atoms with Crippen LogP contribution in [0.15, 0.2) is 109 Å². The monoisotopic (exact) mass is 616 g/mol. The van der Waals surface area contributed by atoms with Crippen LogP contribution < -0.4 is 0 Å². The molecule has 4 nitrogen and oxygen atoms in total. The molecule has 0 aliphatic carbocycles. The SMILES string of the molecule is O=C(OCCCCCCCCCOC(=O)c1ccc2ccc3cccc4ccc1c2c34)c1ccc2ccc3cccc4ccc1c2c34. The highest BCUT2D eigenvalue weighted by molar-refractivity contribution is 6.27. The van der Waals surface area contributed by atoms with Gasteiger partial charge in [-0.1, -0.05) is 129 Å². The minimum absolute atomic E-state index is 0.250. The lowest BCUT2D eigenvalue weighted by Gasteiger charge is -2.13. The number of rotatable bonds is 12. The molecule has 0 radical (unpaired) electrons. The number of carbonyl (C=O) groups is 2. The molecule has 8 aromatic rings. The summed E-state index contributed by atoms with van der Waals surface area (Å²) in [5.74, 6) is -0.501. The van der Waals surface area contributed by atoms with E-state index >= 15 is 0 Å². The molecule has 0 amide bonds. The number of carbonyl (C=O) groups excluding carboxylic acids is 2. The van der Waals surface area contributed by atoms with Gasteiger partial charge in [0.05, 0.1) is 24.3 Å². The van der Waals surface area contributed by atoms with Gasteiger partial charge in [-0.25, -0.2) is 9.59 Å². The van der Waals surface area contributed by atoms with E-state index in [-0.39, 0.29) is 11.9 Å². The maximum atomic E-state index is 13.1. The minimum atomic E-state index is -0.250. The van der Waals surface area contributed by atoms with E-state index in [1.165, 1.54) is 32.3 Å². The van der Waals surface area contributed by atoms with Gasteiger partial charge < -0.3 is 9.47 Å². The van der Waals surface area contributed by atoms with E-state index in [9.17, 15) is 9.59 Å². The standard InChI is InChI=1S/C43H36O4/c44-42(36-24-20-32-16-14-28-10-8-12-30-18-22-34(36)40(32)38(28)30)46-26-6-4-2-1-3-5-7-27-47-43(45)37-25-21-33-17-15-29-11-9-13-31-19-23-35(37)41(33)39(29)31/h8-25H,1-7,26-27H2. The van der Waals surface area contributed by atoms with E-state index in [2.05, 4.69) is 84.9 Å². The molecule has 0 aromatic heterocycles. The van der Waals surface area contributed by atoms with Gasteiger partial charge in [-0.05, 0) is 89.6 Å². The molecule has 0 heterocycles. The predicted octanol–water partition coefficient (Wildman–Crippen LogP) is 11.2. The first-order valence-corrected chi connectivity index (χ1v) is 16.8. The van der Waals surface area contributed by atoms with Gasteiger partial charge >= 0.3 is 11.9 Å². The Morgan fingerprint density at radius 2 is 0.681 bits per heavy atom. The van der Waals surface area contributed by atoms with Crippen LogP contribution in [0.1, 0.15) is 65.7 Å². The molecule has 0 fully saturated rings. The third-order valence-electron chi connectivity index (χ3n) is 9.75. The van der Waals surface area contributed by atoms with Crippen LogP contribution in [0.25, 0.3) is 64.6 Å². The second-order valence-electron chi connectivity index (χ2n) is 12.7. The first-order chi connectivity index (χ1) is 23.2. The summed E-state index contributed by atoms with van der Waals surface area (Å²) in [6.45, 7) is 0.861. The van der Waals surface area contributed by atoms with E-state index in [1.807, 2.05) is 24.3 Å². The van der Waals surface area contributed by atoms with Crippen molar-refractivity contribution in [2.45, 2.75) is 44.9 Å². The lowest BCUT2D eigenvalue weighted by atomic mass is 9.92. The van der Waals surface area contributed by atoms with Crippen molar-refractivity contribution < 1.29 is 19.1 Å². The van der Waals surface area contributed by atoms with Crippen molar-refractivity contribution in [3.63, 3.8) is 0 Å². The molecule has 0 N–H and O–H groups in total. The number of hydrogen-bond acceptors (Lipinski definition) is 4. The van der Waals surface area contributed by atoms with Gasteiger partial charge in [-0.15, -0.1) is 0 Å². The molecule has 0 aliphatic rings. The third-order valence-corrected chi connectivity index (χ3v) is 9.75. The molecule has 0 saturated carbocycles. The number of hydrogen-bond donors (Lipinski definition) is 0. The molecule has 47 heavy (non-hydrogen) atoms. The van der Waals surface area contributed by atoms with Crippen molar-refractivity contribution >= 4 is 76.6 Å². The average Bonchev–Trinajstić information content (AvgIpc) is 3.11. The summed E-state index contributed by atoms with van der Waals surface area (Å²) in [6, 6.07) is 37.3. The van der Waals surface area contributed by atoms with E-state index in [4.69, 9.17) is 9.47 Å². The Morgan fingerprint density at radius 1 is 0.362 bits per heavy atom. The number of esters is 2. The molecule has 8 rings (SSSR count). The second kappa shape index (κ2) is 12.5. The highest BCUT2D eigenvalue weighted by atomic mass is 16.5. The molecular weight excluding hydrogens is 580 g/mol. The summed E-state index contributed by atoms with van der Waals surface area (Å²) < 4.78 is 11.4. The van der Waals surface area contributed by atoms with Crippen molar-refractivity contribution in [2.75, 3.05) is 13.2 Å². The fourth-order valence-corrected chi connectivity index (χ4v) is 7.40. The maximum absolute atomic E-state index is 13.1. The summed E-state index contributed by atoms with van der Waals surface area (Å²) in [5.41, 5.74) is 1.27. The van der Waals surface area contributed by atoms with Crippen LogP contribution in [0.5, 0.6) is 0 Å². The molecular formula is C43H36O4. The Kier molecular flexibility index (Phi) is 7.78. The molecule has 232 valence electrons. The van der Waals surface area contributed by atoms with Gasteiger partial charge in [0.25, 0.3) is 0 Å². The third kappa shape index (κ3) is 5.38. The molecule has 0 spiro atoms. The van der Waals surface area contributed by atoms with E-state index < -0.39 is 0 Å². The smallest absolute Gasteiger partial charge is 0.338 e. The molecule has 0 saturated heterocycles. The normalized spacial score (nSPS) is 11.9. The van der Waals surface area contributed by atoms with Gasteiger partial charge in [-0.2, -0.15) is 0 Å². The first kappa shape index (κ1) is 29.2. The van der Waals surface area contributed by atoms with Crippen LogP contribution in [-0.2, 0) is 9.47 Å². The van der Waals surface area contributed by atoms with Crippen LogP contribution in [0, 0.1) is 0 Å². The summed E-state index contributed by atoms with van der Waals surface area (Å²) >= 11 is 0. The fourth-order valence-electron chi connectivity index (χ4n) is 7.40. The summed E-state index contributed by atoms with van der Waals surface area (Å²) in [6.07, 6.45) is 7.07. The largest absolute Gasteiger partial charge is 0.462 e. The van der Waals surface area contributed by atoms with Gasteiger partial charge in [0.1, 0.15) is 0 Å². The number of ether oxygens (including phenoxy) is 2. The highest BCUT2D eigenvalue weighted by Gasteiger charge is 2.17. The van der Waals surface area contributed by atoms with Gasteiger partial charge in [-0.3, -0.25) is 0 Å². The lowest BCUT2D eigenvalue weighted by molar-refractivity contribution is 0.0492. The van der Waals surface area contributed by atoms with Gasteiger partial charge in [0.15, 0.2) is 0 Å². The van der Waals surface area contributed by atoms with Gasteiger partial charge in [0, 0.05) is 0 Å². The average molecular weight is 617 g/mol.